The van der Waals surface area contributed by atoms with E-state index in [1.807, 2.05) is 0 Å². The van der Waals surface area contributed by atoms with Crippen molar-refractivity contribution in [2.45, 2.75) is 19.0 Å². The van der Waals surface area contributed by atoms with Crippen molar-refractivity contribution < 1.29 is 24.5 Å². The van der Waals surface area contributed by atoms with Gasteiger partial charge in [0.15, 0.2) is 0 Å². The number of carboxylic acids is 1. The topological polar surface area (TPSA) is 103 Å². The van der Waals surface area contributed by atoms with Crippen LogP contribution in [-0.4, -0.2) is 40.0 Å². The normalized spacial score (nSPS) is 11.7. The molecular formula is C10H15NO5. The first-order chi connectivity index (χ1) is 7.50. The maximum Gasteiger partial charge on any atom is 0.371 e. The number of aliphatic hydroxyl groups is 2. The highest BCUT2D eigenvalue weighted by molar-refractivity contribution is 5.84. The molecule has 0 saturated heterocycles. The van der Waals surface area contributed by atoms with E-state index in [0.29, 0.717) is 5.76 Å². The van der Waals surface area contributed by atoms with Crippen LogP contribution in [-0.2, 0) is 6.54 Å². The molecule has 0 saturated carbocycles. The molecule has 0 fully saturated rings. The van der Waals surface area contributed by atoms with Gasteiger partial charge in [-0.05, 0) is 19.1 Å². The summed E-state index contributed by atoms with van der Waals surface area (Å²) in [4.78, 5) is 10.5. The highest BCUT2D eigenvalue weighted by Crippen LogP contribution is 2.09. The molecule has 0 aliphatic rings. The summed E-state index contributed by atoms with van der Waals surface area (Å²) < 4.78 is 5.00. The average Bonchev–Trinajstić information content (AvgIpc) is 2.75. The fraction of sp³-hybridized carbons (Fsp3) is 0.500. The number of furan rings is 1. The Morgan fingerprint density at radius 1 is 1.44 bits per heavy atom. The summed E-state index contributed by atoms with van der Waals surface area (Å²) in [6, 6.07) is 2.89. The van der Waals surface area contributed by atoms with E-state index in [9.17, 15) is 4.79 Å². The van der Waals surface area contributed by atoms with Gasteiger partial charge in [0, 0.05) is 0 Å². The Balaban J connectivity index is 2.57. The molecule has 6 heteroatoms. The van der Waals surface area contributed by atoms with Crippen LogP contribution in [0.1, 0.15) is 23.2 Å². The SMILES string of the molecule is CC(CO)(CO)NCc1ccc(C(=O)O)o1. The second-order valence-electron chi connectivity index (χ2n) is 3.80. The van der Waals surface area contributed by atoms with Gasteiger partial charge < -0.3 is 25.1 Å². The molecule has 0 aliphatic heterocycles. The number of nitrogens with one attached hydrogen (secondary N) is 1. The van der Waals surface area contributed by atoms with Crippen LogP contribution in [0.5, 0.6) is 0 Å². The first kappa shape index (κ1) is 12.7. The fourth-order valence-corrected chi connectivity index (χ4v) is 1.05. The van der Waals surface area contributed by atoms with Crippen LogP contribution < -0.4 is 5.32 Å². The van der Waals surface area contributed by atoms with Gasteiger partial charge in [-0.2, -0.15) is 0 Å². The molecule has 0 unspecified atom stereocenters. The fourth-order valence-electron chi connectivity index (χ4n) is 1.05. The van der Waals surface area contributed by atoms with Crippen molar-refractivity contribution in [1.82, 2.24) is 5.32 Å². The minimum Gasteiger partial charge on any atom is -0.475 e. The van der Waals surface area contributed by atoms with Crippen molar-refractivity contribution in [2.24, 2.45) is 0 Å². The maximum atomic E-state index is 10.5. The summed E-state index contributed by atoms with van der Waals surface area (Å²) in [5.41, 5.74) is -0.809. The molecule has 4 N–H and O–H groups in total. The molecule has 1 aromatic rings. The van der Waals surface area contributed by atoms with Crippen molar-refractivity contribution in [1.29, 1.82) is 0 Å². The van der Waals surface area contributed by atoms with Crippen LogP contribution in [0.2, 0.25) is 0 Å². The van der Waals surface area contributed by atoms with Crippen LogP contribution >= 0.6 is 0 Å². The maximum absolute atomic E-state index is 10.5. The van der Waals surface area contributed by atoms with Gasteiger partial charge in [-0.15, -0.1) is 0 Å². The van der Waals surface area contributed by atoms with Gasteiger partial charge in [0.1, 0.15) is 5.76 Å². The van der Waals surface area contributed by atoms with Crippen LogP contribution in [0.3, 0.4) is 0 Å². The number of carbonyl (C=O) groups is 1. The smallest absolute Gasteiger partial charge is 0.371 e. The Morgan fingerprint density at radius 3 is 2.50 bits per heavy atom. The van der Waals surface area contributed by atoms with Crippen molar-refractivity contribution in [2.75, 3.05) is 13.2 Å². The van der Waals surface area contributed by atoms with Crippen LogP contribution in [0, 0.1) is 0 Å². The van der Waals surface area contributed by atoms with E-state index < -0.39 is 11.5 Å². The molecule has 0 aromatic carbocycles. The van der Waals surface area contributed by atoms with Crippen molar-refractivity contribution in [3.63, 3.8) is 0 Å². The number of hydrogen-bond acceptors (Lipinski definition) is 5. The van der Waals surface area contributed by atoms with Gasteiger partial charge in [-0.1, -0.05) is 0 Å². The Morgan fingerprint density at radius 2 is 2.06 bits per heavy atom. The minimum absolute atomic E-state index is 0.133. The Bertz CT molecular complexity index is 356. The van der Waals surface area contributed by atoms with Gasteiger partial charge in [0.25, 0.3) is 0 Å². The summed E-state index contributed by atoms with van der Waals surface area (Å²) in [5, 5.41) is 29.5. The number of hydrogen-bond donors (Lipinski definition) is 4. The van der Waals surface area contributed by atoms with Crippen LogP contribution in [0.4, 0.5) is 0 Å². The van der Waals surface area contributed by atoms with E-state index in [1.165, 1.54) is 12.1 Å². The van der Waals surface area contributed by atoms with Crippen molar-refractivity contribution in [3.05, 3.63) is 23.7 Å². The van der Waals surface area contributed by atoms with Crippen molar-refractivity contribution >= 4 is 5.97 Å². The first-order valence-corrected chi connectivity index (χ1v) is 4.79. The summed E-state index contributed by atoms with van der Waals surface area (Å²) in [6.07, 6.45) is 0. The molecule has 0 radical (unpaired) electrons. The molecule has 0 atom stereocenters. The molecule has 0 aliphatic carbocycles. The van der Waals surface area contributed by atoms with E-state index in [2.05, 4.69) is 5.32 Å². The zero-order chi connectivity index (χ0) is 12.2. The molecular weight excluding hydrogens is 214 g/mol. The van der Waals surface area contributed by atoms with E-state index >= 15 is 0 Å². The zero-order valence-corrected chi connectivity index (χ0v) is 8.93. The Hall–Kier alpha value is -1.37. The lowest BCUT2D eigenvalue weighted by Gasteiger charge is -2.25. The quantitative estimate of drug-likeness (QED) is 0.539. The second kappa shape index (κ2) is 5.11. The van der Waals surface area contributed by atoms with E-state index in [-0.39, 0.29) is 25.5 Å². The summed E-state index contributed by atoms with van der Waals surface area (Å²) >= 11 is 0. The Labute approximate surface area is 92.5 Å². The standard InChI is InChI=1S/C10H15NO5/c1-10(5-12,6-13)11-4-7-2-3-8(16-7)9(14)15/h2-3,11-13H,4-6H2,1H3,(H,14,15). The van der Waals surface area contributed by atoms with Gasteiger partial charge in [-0.25, -0.2) is 4.79 Å². The predicted molar refractivity (Wildman–Crippen MR) is 55.1 cm³/mol. The van der Waals surface area contributed by atoms with Gasteiger partial charge in [-0.3, -0.25) is 0 Å². The Kier molecular flexibility index (Phi) is 4.05. The largest absolute Gasteiger partial charge is 0.475 e. The van der Waals surface area contributed by atoms with Gasteiger partial charge in [0.05, 0.1) is 25.3 Å². The molecule has 6 nitrogen and oxygen atoms in total. The lowest BCUT2D eigenvalue weighted by molar-refractivity contribution is 0.0658. The van der Waals surface area contributed by atoms with Gasteiger partial charge in [0.2, 0.25) is 5.76 Å². The number of aliphatic hydroxyl groups excluding tert-OH is 2. The molecule has 1 rings (SSSR count). The number of rotatable bonds is 6. The summed E-state index contributed by atoms with van der Waals surface area (Å²) in [7, 11) is 0. The predicted octanol–water partition coefficient (Wildman–Crippen LogP) is -0.189. The lowest BCUT2D eigenvalue weighted by atomic mass is 10.1. The van der Waals surface area contributed by atoms with Crippen LogP contribution in [0.15, 0.2) is 16.5 Å². The van der Waals surface area contributed by atoms with Gasteiger partial charge >= 0.3 is 5.97 Å². The molecule has 1 heterocycles. The number of carboxylic acid groups (broad SMARTS) is 1. The minimum atomic E-state index is -1.13. The average molecular weight is 229 g/mol. The first-order valence-electron chi connectivity index (χ1n) is 4.79. The monoisotopic (exact) mass is 229 g/mol. The third kappa shape index (κ3) is 3.06. The van der Waals surface area contributed by atoms with Crippen molar-refractivity contribution in [3.8, 4) is 0 Å². The molecule has 1 aromatic heterocycles. The van der Waals surface area contributed by atoms with E-state index in [1.54, 1.807) is 6.92 Å². The number of aromatic carboxylic acids is 1. The third-order valence-electron chi connectivity index (χ3n) is 2.26. The lowest BCUT2D eigenvalue weighted by Crippen LogP contribution is -2.48. The van der Waals surface area contributed by atoms with E-state index in [4.69, 9.17) is 19.7 Å². The summed E-state index contributed by atoms with van der Waals surface area (Å²) in [6.45, 7) is 1.44. The summed E-state index contributed by atoms with van der Waals surface area (Å²) in [5.74, 6) is -0.824. The highest BCUT2D eigenvalue weighted by atomic mass is 16.4. The third-order valence-corrected chi connectivity index (χ3v) is 2.26. The molecule has 0 amide bonds. The molecule has 0 spiro atoms. The highest BCUT2D eigenvalue weighted by Gasteiger charge is 2.22. The van der Waals surface area contributed by atoms with E-state index in [0.717, 1.165) is 0 Å². The van der Waals surface area contributed by atoms with Crippen LogP contribution in [0.25, 0.3) is 0 Å². The zero-order valence-electron chi connectivity index (χ0n) is 8.93. The molecule has 0 bridgehead atoms. The molecule has 16 heavy (non-hydrogen) atoms. The second-order valence-corrected chi connectivity index (χ2v) is 3.80. The molecule has 90 valence electrons.